The standard InChI is InChI=1S/C12H16N2O2.ClH/c15-12(16)11-3-1-10(2-4-11)9-14-7-5-13-6-8-14;/h1-4,13H,5-9H2,(H,15,16);1H. The molecular formula is C12H17ClN2O2. The second-order valence-electron chi connectivity index (χ2n) is 4.03. The van der Waals surface area contributed by atoms with Gasteiger partial charge in [-0.2, -0.15) is 0 Å². The number of piperazine rings is 1. The largest absolute Gasteiger partial charge is 0.478 e. The summed E-state index contributed by atoms with van der Waals surface area (Å²) in [5.41, 5.74) is 1.52. The van der Waals surface area contributed by atoms with E-state index in [1.165, 1.54) is 5.56 Å². The lowest BCUT2D eigenvalue weighted by atomic mass is 10.1. The van der Waals surface area contributed by atoms with Gasteiger partial charge in [0.25, 0.3) is 0 Å². The highest BCUT2D eigenvalue weighted by atomic mass is 35.5. The molecule has 0 atom stereocenters. The van der Waals surface area contributed by atoms with Gasteiger partial charge in [0, 0.05) is 32.7 Å². The van der Waals surface area contributed by atoms with E-state index in [2.05, 4.69) is 10.2 Å². The number of nitrogens with one attached hydrogen (secondary N) is 1. The summed E-state index contributed by atoms with van der Waals surface area (Å²) in [6.45, 7) is 5.09. The van der Waals surface area contributed by atoms with Crippen LogP contribution in [0.5, 0.6) is 0 Å². The van der Waals surface area contributed by atoms with E-state index in [0.29, 0.717) is 5.56 Å². The Kier molecular flexibility index (Phi) is 5.41. The molecule has 2 N–H and O–H groups in total. The fourth-order valence-corrected chi connectivity index (χ4v) is 1.88. The number of benzene rings is 1. The van der Waals surface area contributed by atoms with Crippen molar-refractivity contribution in [3.63, 3.8) is 0 Å². The van der Waals surface area contributed by atoms with E-state index in [0.717, 1.165) is 32.7 Å². The smallest absolute Gasteiger partial charge is 0.335 e. The van der Waals surface area contributed by atoms with Crippen molar-refractivity contribution in [3.05, 3.63) is 35.4 Å². The minimum Gasteiger partial charge on any atom is -0.478 e. The Bertz CT molecular complexity index is 361. The molecule has 1 heterocycles. The number of hydrogen-bond acceptors (Lipinski definition) is 3. The van der Waals surface area contributed by atoms with Crippen molar-refractivity contribution in [2.75, 3.05) is 26.2 Å². The zero-order valence-corrected chi connectivity index (χ0v) is 10.4. The van der Waals surface area contributed by atoms with Gasteiger partial charge in [-0.25, -0.2) is 4.79 Å². The predicted molar refractivity (Wildman–Crippen MR) is 68.8 cm³/mol. The molecule has 0 bridgehead atoms. The van der Waals surface area contributed by atoms with Crippen LogP contribution in [-0.4, -0.2) is 42.2 Å². The zero-order valence-electron chi connectivity index (χ0n) is 9.56. The van der Waals surface area contributed by atoms with Crippen LogP contribution in [0, 0.1) is 0 Å². The number of carboxylic acids is 1. The summed E-state index contributed by atoms with van der Waals surface area (Å²) in [4.78, 5) is 13.1. The first-order valence-electron chi connectivity index (χ1n) is 5.51. The molecule has 1 aliphatic rings. The molecule has 1 fully saturated rings. The van der Waals surface area contributed by atoms with Gasteiger partial charge in [0.1, 0.15) is 0 Å². The van der Waals surface area contributed by atoms with Gasteiger partial charge in [-0.1, -0.05) is 12.1 Å². The van der Waals surface area contributed by atoms with Gasteiger partial charge >= 0.3 is 5.97 Å². The van der Waals surface area contributed by atoms with E-state index in [1.54, 1.807) is 12.1 Å². The van der Waals surface area contributed by atoms with Crippen molar-refractivity contribution in [1.82, 2.24) is 10.2 Å². The summed E-state index contributed by atoms with van der Waals surface area (Å²) >= 11 is 0. The molecule has 1 aromatic rings. The van der Waals surface area contributed by atoms with Crippen LogP contribution in [0.15, 0.2) is 24.3 Å². The first kappa shape index (κ1) is 14.0. The lowest BCUT2D eigenvalue weighted by Gasteiger charge is -2.27. The molecule has 0 amide bonds. The van der Waals surface area contributed by atoms with Crippen LogP contribution < -0.4 is 5.32 Å². The van der Waals surface area contributed by atoms with Crippen molar-refractivity contribution in [1.29, 1.82) is 0 Å². The first-order valence-corrected chi connectivity index (χ1v) is 5.51. The van der Waals surface area contributed by atoms with Crippen LogP contribution in [0.25, 0.3) is 0 Å². The zero-order chi connectivity index (χ0) is 11.4. The summed E-state index contributed by atoms with van der Waals surface area (Å²) in [5, 5.41) is 12.1. The fraction of sp³-hybridized carbons (Fsp3) is 0.417. The lowest BCUT2D eigenvalue weighted by molar-refractivity contribution is 0.0697. The molecule has 0 spiro atoms. The lowest BCUT2D eigenvalue weighted by Crippen LogP contribution is -2.42. The molecule has 2 rings (SSSR count). The van der Waals surface area contributed by atoms with Crippen molar-refractivity contribution >= 4 is 18.4 Å². The minimum atomic E-state index is -0.867. The van der Waals surface area contributed by atoms with Crippen LogP contribution in [0.4, 0.5) is 0 Å². The van der Waals surface area contributed by atoms with E-state index in [1.807, 2.05) is 12.1 Å². The quantitative estimate of drug-likeness (QED) is 0.854. The number of carbonyl (C=O) groups is 1. The van der Waals surface area contributed by atoms with Crippen molar-refractivity contribution < 1.29 is 9.90 Å². The molecule has 0 unspecified atom stereocenters. The first-order chi connectivity index (χ1) is 7.75. The molecule has 17 heavy (non-hydrogen) atoms. The Hall–Kier alpha value is -1.10. The monoisotopic (exact) mass is 256 g/mol. The molecular weight excluding hydrogens is 240 g/mol. The Balaban J connectivity index is 0.00000144. The predicted octanol–water partition coefficient (Wildman–Crippen LogP) is 1.21. The van der Waals surface area contributed by atoms with Crippen LogP contribution in [-0.2, 0) is 6.54 Å². The second-order valence-corrected chi connectivity index (χ2v) is 4.03. The highest BCUT2D eigenvalue weighted by Crippen LogP contribution is 2.08. The van der Waals surface area contributed by atoms with Gasteiger partial charge in [-0.3, -0.25) is 4.90 Å². The van der Waals surface area contributed by atoms with Crippen LogP contribution >= 0.6 is 12.4 Å². The summed E-state index contributed by atoms with van der Waals surface area (Å²) < 4.78 is 0. The number of halogens is 1. The van der Waals surface area contributed by atoms with Gasteiger partial charge in [-0.15, -0.1) is 12.4 Å². The summed E-state index contributed by atoms with van der Waals surface area (Å²) in [6.07, 6.45) is 0. The highest BCUT2D eigenvalue weighted by molar-refractivity contribution is 5.87. The number of carboxylic acid groups (broad SMARTS) is 1. The van der Waals surface area contributed by atoms with Gasteiger partial charge in [0.05, 0.1) is 5.56 Å². The number of rotatable bonds is 3. The van der Waals surface area contributed by atoms with Crippen molar-refractivity contribution in [2.24, 2.45) is 0 Å². The maximum absolute atomic E-state index is 10.7. The topological polar surface area (TPSA) is 52.6 Å². The Morgan fingerprint density at radius 1 is 1.24 bits per heavy atom. The maximum atomic E-state index is 10.7. The molecule has 5 heteroatoms. The third-order valence-corrected chi connectivity index (χ3v) is 2.82. The molecule has 1 aliphatic heterocycles. The average molecular weight is 257 g/mol. The number of aromatic carboxylic acids is 1. The molecule has 1 saturated heterocycles. The summed E-state index contributed by atoms with van der Waals surface area (Å²) in [5.74, 6) is -0.867. The molecule has 4 nitrogen and oxygen atoms in total. The van der Waals surface area contributed by atoms with E-state index in [9.17, 15) is 4.79 Å². The van der Waals surface area contributed by atoms with E-state index in [4.69, 9.17) is 5.11 Å². The Morgan fingerprint density at radius 3 is 2.35 bits per heavy atom. The van der Waals surface area contributed by atoms with Crippen LogP contribution in [0.3, 0.4) is 0 Å². The molecule has 0 aromatic heterocycles. The fourth-order valence-electron chi connectivity index (χ4n) is 1.88. The number of hydrogen-bond donors (Lipinski definition) is 2. The second kappa shape index (κ2) is 6.59. The molecule has 0 aliphatic carbocycles. The molecule has 1 aromatic carbocycles. The van der Waals surface area contributed by atoms with Crippen molar-refractivity contribution in [3.8, 4) is 0 Å². The maximum Gasteiger partial charge on any atom is 0.335 e. The van der Waals surface area contributed by atoms with Crippen LogP contribution in [0.2, 0.25) is 0 Å². The average Bonchev–Trinajstić information content (AvgIpc) is 2.31. The third kappa shape index (κ3) is 4.00. The van der Waals surface area contributed by atoms with Crippen molar-refractivity contribution in [2.45, 2.75) is 6.54 Å². The van der Waals surface area contributed by atoms with Gasteiger partial charge < -0.3 is 10.4 Å². The summed E-state index contributed by atoms with van der Waals surface area (Å²) in [7, 11) is 0. The molecule has 94 valence electrons. The van der Waals surface area contributed by atoms with E-state index >= 15 is 0 Å². The van der Waals surface area contributed by atoms with Gasteiger partial charge in [0.2, 0.25) is 0 Å². The van der Waals surface area contributed by atoms with E-state index < -0.39 is 5.97 Å². The Morgan fingerprint density at radius 2 is 1.82 bits per heavy atom. The third-order valence-electron chi connectivity index (χ3n) is 2.82. The Labute approximate surface area is 107 Å². The molecule has 0 radical (unpaired) electrons. The van der Waals surface area contributed by atoms with Gasteiger partial charge in [0.15, 0.2) is 0 Å². The highest BCUT2D eigenvalue weighted by Gasteiger charge is 2.10. The molecule has 0 saturated carbocycles. The number of nitrogens with zero attached hydrogens (tertiary/aromatic N) is 1. The van der Waals surface area contributed by atoms with Gasteiger partial charge in [-0.05, 0) is 17.7 Å². The van der Waals surface area contributed by atoms with E-state index in [-0.39, 0.29) is 12.4 Å². The normalized spacial score (nSPS) is 16.2. The minimum absolute atomic E-state index is 0. The summed E-state index contributed by atoms with van der Waals surface area (Å²) in [6, 6.07) is 7.12. The van der Waals surface area contributed by atoms with Crippen LogP contribution in [0.1, 0.15) is 15.9 Å². The SMILES string of the molecule is Cl.O=C(O)c1ccc(CN2CCNCC2)cc1.